The molecule has 204 valence electrons. The molecule has 1 atom stereocenters. The van der Waals surface area contributed by atoms with Crippen LogP contribution in [0.25, 0.3) is 0 Å². The Bertz CT molecular complexity index is 1280. The Balaban J connectivity index is 1.37. The molecule has 0 unspecified atom stereocenters. The molecule has 0 aliphatic carbocycles. The van der Waals surface area contributed by atoms with Crippen LogP contribution in [0.15, 0.2) is 77.9 Å². The normalized spacial score (nSPS) is 11.4. The lowest BCUT2D eigenvalue weighted by Gasteiger charge is -2.14. The highest BCUT2D eigenvalue weighted by molar-refractivity contribution is 6.35. The van der Waals surface area contributed by atoms with Gasteiger partial charge in [0.2, 0.25) is 0 Å². The Morgan fingerprint density at radius 3 is 2.31 bits per heavy atom. The average Bonchev–Trinajstić information content (AvgIpc) is 2.96. The first kappa shape index (κ1) is 28.7. The van der Waals surface area contributed by atoms with Crippen molar-refractivity contribution in [2.24, 2.45) is 5.10 Å². The van der Waals surface area contributed by atoms with Crippen molar-refractivity contribution < 1.29 is 28.6 Å². The minimum absolute atomic E-state index is 0.123. The van der Waals surface area contributed by atoms with E-state index in [1.807, 2.05) is 49.4 Å². The SMILES string of the molecule is COc1ccc(CCNC(=O)C(=O)N/N=C\c2ccc(OCC(=O)N[C@H](C)c3ccccc3)cc2)cc1OC. The molecule has 3 amide bonds. The second-order valence-corrected chi connectivity index (χ2v) is 8.45. The molecule has 0 bridgehead atoms. The van der Waals surface area contributed by atoms with Crippen LogP contribution in [0.2, 0.25) is 0 Å². The summed E-state index contributed by atoms with van der Waals surface area (Å²) in [5.41, 5.74) is 4.79. The molecule has 0 spiro atoms. The fourth-order valence-corrected chi connectivity index (χ4v) is 3.56. The van der Waals surface area contributed by atoms with Gasteiger partial charge in [0, 0.05) is 6.54 Å². The van der Waals surface area contributed by atoms with Gasteiger partial charge < -0.3 is 24.8 Å². The molecule has 10 nitrogen and oxygen atoms in total. The van der Waals surface area contributed by atoms with E-state index in [0.29, 0.717) is 29.2 Å². The largest absolute Gasteiger partial charge is 0.493 e. The van der Waals surface area contributed by atoms with Gasteiger partial charge in [0.25, 0.3) is 5.91 Å². The third-order valence-electron chi connectivity index (χ3n) is 5.66. The van der Waals surface area contributed by atoms with E-state index in [2.05, 4.69) is 21.2 Å². The smallest absolute Gasteiger partial charge is 0.329 e. The molecule has 0 saturated heterocycles. The minimum atomic E-state index is -0.880. The summed E-state index contributed by atoms with van der Waals surface area (Å²) in [6, 6.07) is 21.7. The fraction of sp³-hybridized carbons (Fsp3) is 0.241. The number of hydrazone groups is 1. The first-order valence-corrected chi connectivity index (χ1v) is 12.3. The van der Waals surface area contributed by atoms with Crippen LogP contribution in [-0.2, 0) is 20.8 Å². The van der Waals surface area contributed by atoms with E-state index in [9.17, 15) is 14.4 Å². The standard InChI is InChI=1S/C29H32N4O6/c1-20(23-7-5-4-6-8-23)32-27(34)19-39-24-12-9-22(10-13-24)18-31-33-29(36)28(35)30-16-15-21-11-14-25(37-2)26(17-21)38-3/h4-14,17-18,20H,15-16,19H2,1-3H3,(H,30,35)(H,32,34)(H,33,36)/b31-18-/t20-/m1/s1. The zero-order valence-electron chi connectivity index (χ0n) is 22.1. The van der Waals surface area contributed by atoms with Crippen molar-refractivity contribution in [2.75, 3.05) is 27.4 Å². The van der Waals surface area contributed by atoms with Gasteiger partial charge in [-0.25, -0.2) is 5.43 Å². The third-order valence-corrected chi connectivity index (χ3v) is 5.66. The number of amides is 3. The quantitative estimate of drug-likeness (QED) is 0.187. The van der Waals surface area contributed by atoms with Crippen LogP contribution in [0.1, 0.15) is 29.7 Å². The summed E-state index contributed by atoms with van der Waals surface area (Å²) in [6.45, 7) is 2.04. The van der Waals surface area contributed by atoms with E-state index in [1.165, 1.54) is 6.21 Å². The maximum absolute atomic E-state index is 12.2. The molecule has 0 fully saturated rings. The van der Waals surface area contributed by atoms with Gasteiger partial charge in [-0.1, -0.05) is 36.4 Å². The van der Waals surface area contributed by atoms with Crippen molar-refractivity contribution in [3.8, 4) is 17.2 Å². The molecule has 0 radical (unpaired) electrons. The Kier molecular flexibility index (Phi) is 10.9. The van der Waals surface area contributed by atoms with Crippen LogP contribution in [0.4, 0.5) is 0 Å². The summed E-state index contributed by atoms with van der Waals surface area (Å²) < 4.78 is 16.0. The molecular formula is C29H32N4O6. The van der Waals surface area contributed by atoms with Crippen molar-refractivity contribution in [2.45, 2.75) is 19.4 Å². The number of methoxy groups -OCH3 is 2. The summed E-state index contributed by atoms with van der Waals surface area (Å²) in [7, 11) is 3.10. The first-order chi connectivity index (χ1) is 18.9. The topological polar surface area (TPSA) is 127 Å². The van der Waals surface area contributed by atoms with E-state index >= 15 is 0 Å². The molecule has 3 rings (SSSR count). The van der Waals surface area contributed by atoms with Crippen LogP contribution in [-0.4, -0.2) is 51.3 Å². The molecule has 0 aliphatic rings. The Morgan fingerprint density at radius 2 is 1.62 bits per heavy atom. The summed E-state index contributed by atoms with van der Waals surface area (Å²) >= 11 is 0. The number of nitrogens with one attached hydrogen (secondary N) is 3. The Hall–Kier alpha value is -4.86. The number of hydrogen-bond acceptors (Lipinski definition) is 7. The van der Waals surface area contributed by atoms with E-state index in [4.69, 9.17) is 14.2 Å². The number of rotatable bonds is 12. The number of carbonyl (C=O) groups excluding carboxylic acids is 3. The predicted octanol–water partition coefficient (Wildman–Crippen LogP) is 2.77. The predicted molar refractivity (Wildman–Crippen MR) is 147 cm³/mol. The molecule has 0 heterocycles. The summed E-state index contributed by atoms with van der Waals surface area (Å²) in [6.07, 6.45) is 1.90. The maximum atomic E-state index is 12.2. The zero-order valence-corrected chi connectivity index (χ0v) is 22.1. The lowest BCUT2D eigenvalue weighted by atomic mass is 10.1. The van der Waals surface area contributed by atoms with Crippen LogP contribution >= 0.6 is 0 Å². The molecule has 3 aromatic rings. The van der Waals surface area contributed by atoms with Gasteiger partial charge in [0.05, 0.1) is 26.5 Å². The lowest BCUT2D eigenvalue weighted by molar-refractivity contribution is -0.139. The molecule has 0 aliphatic heterocycles. The highest BCUT2D eigenvalue weighted by Gasteiger charge is 2.12. The van der Waals surface area contributed by atoms with Gasteiger partial charge in [-0.05, 0) is 66.4 Å². The van der Waals surface area contributed by atoms with Crippen molar-refractivity contribution >= 4 is 23.9 Å². The van der Waals surface area contributed by atoms with E-state index in [-0.39, 0.29) is 25.1 Å². The summed E-state index contributed by atoms with van der Waals surface area (Å²) in [5, 5.41) is 9.25. The number of carbonyl (C=O) groups is 3. The van der Waals surface area contributed by atoms with Crippen LogP contribution < -0.4 is 30.3 Å². The lowest BCUT2D eigenvalue weighted by Crippen LogP contribution is -2.38. The van der Waals surface area contributed by atoms with Gasteiger partial charge in [-0.2, -0.15) is 5.10 Å². The van der Waals surface area contributed by atoms with E-state index in [1.54, 1.807) is 44.6 Å². The second-order valence-electron chi connectivity index (χ2n) is 8.45. The van der Waals surface area contributed by atoms with Gasteiger partial charge >= 0.3 is 11.8 Å². The monoisotopic (exact) mass is 532 g/mol. The van der Waals surface area contributed by atoms with Crippen LogP contribution in [0, 0.1) is 0 Å². The first-order valence-electron chi connectivity index (χ1n) is 12.3. The van der Waals surface area contributed by atoms with Gasteiger partial charge in [-0.15, -0.1) is 0 Å². The third kappa shape index (κ3) is 9.19. The number of ether oxygens (including phenoxy) is 3. The van der Waals surface area contributed by atoms with Gasteiger partial charge in [-0.3, -0.25) is 14.4 Å². The van der Waals surface area contributed by atoms with Crippen molar-refractivity contribution in [1.82, 2.24) is 16.1 Å². The van der Waals surface area contributed by atoms with E-state index in [0.717, 1.165) is 11.1 Å². The molecule has 0 saturated carbocycles. The molecule has 10 heteroatoms. The van der Waals surface area contributed by atoms with E-state index < -0.39 is 11.8 Å². The van der Waals surface area contributed by atoms with Gasteiger partial charge in [0.15, 0.2) is 18.1 Å². The average molecular weight is 533 g/mol. The molecule has 0 aromatic heterocycles. The molecule has 39 heavy (non-hydrogen) atoms. The highest BCUT2D eigenvalue weighted by atomic mass is 16.5. The molecule has 3 aromatic carbocycles. The van der Waals surface area contributed by atoms with Crippen molar-refractivity contribution in [1.29, 1.82) is 0 Å². The summed E-state index contributed by atoms with van der Waals surface area (Å²) in [5.74, 6) is -0.201. The summed E-state index contributed by atoms with van der Waals surface area (Å²) in [4.78, 5) is 36.2. The maximum Gasteiger partial charge on any atom is 0.329 e. The molecule has 3 N–H and O–H groups in total. The Labute approximate surface area is 227 Å². The van der Waals surface area contributed by atoms with Gasteiger partial charge in [0.1, 0.15) is 5.75 Å². The Morgan fingerprint density at radius 1 is 0.897 bits per heavy atom. The second kappa shape index (κ2) is 14.8. The van der Waals surface area contributed by atoms with Crippen LogP contribution in [0.3, 0.4) is 0 Å². The number of benzene rings is 3. The number of hydrogen-bond donors (Lipinski definition) is 3. The molecular weight excluding hydrogens is 500 g/mol. The highest BCUT2D eigenvalue weighted by Crippen LogP contribution is 2.27. The fourth-order valence-electron chi connectivity index (χ4n) is 3.56. The number of nitrogens with zero attached hydrogens (tertiary/aromatic N) is 1. The van der Waals surface area contributed by atoms with Crippen molar-refractivity contribution in [3.63, 3.8) is 0 Å². The zero-order chi connectivity index (χ0) is 28.0. The van der Waals surface area contributed by atoms with Crippen LogP contribution in [0.5, 0.6) is 17.2 Å². The van der Waals surface area contributed by atoms with Crippen molar-refractivity contribution in [3.05, 3.63) is 89.5 Å². The minimum Gasteiger partial charge on any atom is -0.493 e.